The van der Waals surface area contributed by atoms with Crippen molar-refractivity contribution in [3.05, 3.63) is 188 Å². The molecule has 0 aliphatic rings. The first-order valence-electron chi connectivity index (χ1n) is 21.0. The van der Waals surface area contributed by atoms with Gasteiger partial charge in [0, 0.05) is 43.2 Å². The van der Waals surface area contributed by atoms with Crippen molar-refractivity contribution in [2.24, 2.45) is 0 Å². The highest BCUT2D eigenvalue weighted by Gasteiger charge is 2.22. The first kappa shape index (κ1) is 21.6. The van der Waals surface area contributed by atoms with Gasteiger partial charge in [-0.2, -0.15) is 0 Å². The summed E-state index contributed by atoms with van der Waals surface area (Å²) >= 11 is 1.56. The Morgan fingerprint density at radius 3 is 2.04 bits per heavy atom. The molecular formula is C48H31NOS. The molecule has 240 valence electrons. The fourth-order valence-electron chi connectivity index (χ4n) is 6.94. The average Bonchev–Trinajstić information content (AvgIpc) is 3.86. The summed E-state index contributed by atoms with van der Waals surface area (Å²) in [5.41, 5.74) is 5.26. The Labute approximate surface area is 312 Å². The van der Waals surface area contributed by atoms with Crippen molar-refractivity contribution in [1.29, 1.82) is 0 Å². The smallest absolute Gasteiger partial charge is 0.143 e. The highest BCUT2D eigenvalue weighted by Crippen LogP contribution is 2.47. The normalized spacial score (nSPS) is 14.0. The Hall–Kier alpha value is -6.42. The third-order valence-electron chi connectivity index (χ3n) is 9.25. The quantitative estimate of drug-likeness (QED) is 0.174. The molecule has 0 saturated heterocycles. The Balaban J connectivity index is 1.30. The summed E-state index contributed by atoms with van der Waals surface area (Å²) in [4.78, 5) is 1.75. The lowest BCUT2D eigenvalue weighted by molar-refractivity contribution is 0.670. The molecule has 0 fully saturated rings. The molecule has 2 nitrogen and oxygen atoms in total. The third kappa shape index (κ3) is 5.01. The number of para-hydroxylation sites is 2. The SMILES string of the molecule is [2H]c1c([2H])c([2H])c(-c2c([2H])c([2H])c(N(c3ccc(-c4ccccc4)c(-c4cccc5c4oc4ccccc45)c3)c3cccc4c3sc3ccccc34)c([2H])c2[2H])c([2H])c1[2H]. The highest BCUT2D eigenvalue weighted by molar-refractivity contribution is 7.26. The molecule has 0 amide bonds. The van der Waals surface area contributed by atoms with Crippen LogP contribution in [0.3, 0.4) is 0 Å². The van der Waals surface area contributed by atoms with Gasteiger partial charge in [-0.3, -0.25) is 0 Å². The largest absolute Gasteiger partial charge is 0.455 e. The molecule has 0 radical (unpaired) electrons. The molecule has 0 unspecified atom stereocenters. The van der Waals surface area contributed by atoms with Gasteiger partial charge >= 0.3 is 0 Å². The van der Waals surface area contributed by atoms with Gasteiger partial charge in [0.25, 0.3) is 0 Å². The lowest BCUT2D eigenvalue weighted by atomic mass is 9.92. The van der Waals surface area contributed by atoms with Crippen LogP contribution in [0.1, 0.15) is 12.3 Å². The molecule has 0 aliphatic heterocycles. The number of furan rings is 1. The monoisotopic (exact) mass is 678 g/mol. The fraction of sp³-hybridized carbons (Fsp3) is 0. The molecule has 0 bridgehead atoms. The molecule has 2 heterocycles. The first-order valence-corrected chi connectivity index (χ1v) is 17.3. The van der Waals surface area contributed by atoms with Crippen LogP contribution in [0, 0.1) is 0 Å². The topological polar surface area (TPSA) is 16.4 Å². The van der Waals surface area contributed by atoms with Crippen LogP contribution in [0.5, 0.6) is 0 Å². The van der Waals surface area contributed by atoms with Crippen molar-refractivity contribution in [2.45, 2.75) is 0 Å². The van der Waals surface area contributed by atoms with E-state index in [1.807, 2.05) is 133 Å². The molecule has 8 aromatic carbocycles. The lowest BCUT2D eigenvalue weighted by Crippen LogP contribution is -2.10. The number of rotatable bonds is 6. The summed E-state index contributed by atoms with van der Waals surface area (Å²) in [6.07, 6.45) is 0. The Morgan fingerprint density at radius 2 is 1.18 bits per heavy atom. The minimum Gasteiger partial charge on any atom is -0.455 e. The minimum atomic E-state index is -0.629. The van der Waals surface area contributed by atoms with Crippen LogP contribution in [0.2, 0.25) is 0 Å². The van der Waals surface area contributed by atoms with Crippen LogP contribution in [0.15, 0.2) is 192 Å². The maximum atomic E-state index is 9.63. The predicted octanol–water partition coefficient (Wildman–Crippen LogP) is 14.4. The van der Waals surface area contributed by atoms with E-state index >= 15 is 0 Å². The van der Waals surface area contributed by atoms with Crippen molar-refractivity contribution >= 4 is 70.5 Å². The molecule has 0 saturated carbocycles. The van der Waals surface area contributed by atoms with E-state index < -0.39 is 59.9 Å². The first-order chi connectivity index (χ1) is 29.0. The van der Waals surface area contributed by atoms with Gasteiger partial charge in [0.05, 0.1) is 22.7 Å². The standard InChI is InChI=1S/C48H31NOS/c1-3-13-32(14-4-1)33-25-27-35(28-26-33)49(44-22-12-21-42-39-18-8-10-24-46(39)51-48(42)44)36-29-30-37(34-15-5-2-6-16-34)43(31-36)41-20-11-19-40-38-17-7-9-23-45(38)50-47(40)41/h1-31H/i1D,3D,4D,13D,14D,25D,26D,27D,28D. The molecule has 10 rings (SSSR count). The zero-order chi connectivity index (χ0) is 41.6. The zero-order valence-corrected chi connectivity index (χ0v) is 27.8. The molecule has 3 heteroatoms. The van der Waals surface area contributed by atoms with Gasteiger partial charge in [-0.1, -0.05) is 145 Å². The molecular weight excluding hydrogens is 639 g/mol. The predicted molar refractivity (Wildman–Crippen MR) is 218 cm³/mol. The number of nitrogens with zero attached hydrogens (tertiary/aromatic N) is 1. The van der Waals surface area contributed by atoms with E-state index in [1.165, 1.54) is 0 Å². The third-order valence-corrected chi connectivity index (χ3v) is 10.5. The second-order valence-corrected chi connectivity index (χ2v) is 13.2. The second-order valence-electron chi connectivity index (χ2n) is 12.2. The summed E-state index contributed by atoms with van der Waals surface area (Å²) in [6.45, 7) is 0. The number of anilines is 3. The summed E-state index contributed by atoms with van der Waals surface area (Å²) in [7, 11) is 0. The average molecular weight is 679 g/mol. The molecule has 0 aliphatic carbocycles. The van der Waals surface area contributed by atoms with Gasteiger partial charge in [0.2, 0.25) is 0 Å². The van der Waals surface area contributed by atoms with E-state index in [2.05, 4.69) is 0 Å². The van der Waals surface area contributed by atoms with Gasteiger partial charge in [-0.25, -0.2) is 0 Å². The summed E-state index contributed by atoms with van der Waals surface area (Å²) in [6, 6.07) is 38.7. The van der Waals surface area contributed by atoms with Gasteiger partial charge in [0.1, 0.15) is 11.2 Å². The van der Waals surface area contributed by atoms with Crippen LogP contribution < -0.4 is 4.90 Å². The molecule has 0 N–H and O–H groups in total. The molecule has 51 heavy (non-hydrogen) atoms. The second kappa shape index (κ2) is 12.2. The van der Waals surface area contributed by atoms with Crippen LogP contribution in [-0.2, 0) is 0 Å². The van der Waals surface area contributed by atoms with E-state index in [0.29, 0.717) is 17.0 Å². The molecule has 2 aromatic heterocycles. The van der Waals surface area contributed by atoms with Crippen LogP contribution in [-0.4, -0.2) is 0 Å². The van der Waals surface area contributed by atoms with Crippen molar-refractivity contribution in [2.75, 3.05) is 4.90 Å². The van der Waals surface area contributed by atoms with Crippen LogP contribution >= 0.6 is 11.3 Å². The van der Waals surface area contributed by atoms with Crippen molar-refractivity contribution < 1.29 is 16.8 Å². The molecule has 0 spiro atoms. The van der Waals surface area contributed by atoms with Crippen molar-refractivity contribution in [3.63, 3.8) is 0 Å². The molecule has 10 aromatic rings. The van der Waals surface area contributed by atoms with Crippen LogP contribution in [0.25, 0.3) is 75.5 Å². The Kier molecular flexibility index (Phi) is 5.16. The lowest BCUT2D eigenvalue weighted by Gasteiger charge is -2.27. The Morgan fingerprint density at radius 1 is 0.471 bits per heavy atom. The van der Waals surface area contributed by atoms with Gasteiger partial charge < -0.3 is 9.32 Å². The van der Waals surface area contributed by atoms with E-state index in [4.69, 9.17) is 11.3 Å². The zero-order valence-electron chi connectivity index (χ0n) is 36.0. The fourth-order valence-corrected chi connectivity index (χ4v) is 8.14. The van der Waals surface area contributed by atoms with Gasteiger partial charge in [-0.05, 0) is 70.2 Å². The van der Waals surface area contributed by atoms with E-state index in [0.717, 1.165) is 58.8 Å². The van der Waals surface area contributed by atoms with Gasteiger partial charge in [-0.15, -0.1) is 11.3 Å². The summed E-state index contributed by atoms with van der Waals surface area (Å²) in [5, 5.41) is 3.92. The highest BCUT2D eigenvalue weighted by atomic mass is 32.1. The number of fused-ring (bicyclic) bond motifs is 6. The van der Waals surface area contributed by atoms with Crippen LogP contribution in [0.4, 0.5) is 17.1 Å². The summed E-state index contributed by atoms with van der Waals surface area (Å²) in [5.74, 6) is 0. The molecule has 0 atom stereocenters. The van der Waals surface area contributed by atoms with Gasteiger partial charge in [0.15, 0.2) is 0 Å². The van der Waals surface area contributed by atoms with E-state index in [9.17, 15) is 5.48 Å². The maximum Gasteiger partial charge on any atom is 0.143 e. The Bertz CT molecular complexity index is 3340. The summed E-state index contributed by atoms with van der Waals surface area (Å²) < 4.78 is 88.5. The number of hydrogen-bond acceptors (Lipinski definition) is 3. The maximum absolute atomic E-state index is 9.63. The van der Waals surface area contributed by atoms with Crippen molar-refractivity contribution in [1.82, 2.24) is 0 Å². The minimum absolute atomic E-state index is 0.0635. The number of hydrogen-bond donors (Lipinski definition) is 0. The van der Waals surface area contributed by atoms with E-state index in [1.54, 1.807) is 16.2 Å². The van der Waals surface area contributed by atoms with Crippen molar-refractivity contribution in [3.8, 4) is 33.4 Å². The van der Waals surface area contributed by atoms with E-state index in [-0.39, 0.29) is 11.3 Å². The number of benzene rings is 8. The number of thiophene rings is 1.